The van der Waals surface area contributed by atoms with Crippen LogP contribution in [0.2, 0.25) is 0 Å². The van der Waals surface area contributed by atoms with Crippen molar-refractivity contribution < 1.29 is 24.0 Å². The molecule has 200 valence electrons. The van der Waals surface area contributed by atoms with Gasteiger partial charge in [-0.1, -0.05) is 49.4 Å². The lowest BCUT2D eigenvalue weighted by molar-refractivity contribution is -0.384. The Bertz CT molecular complexity index is 1290. The molecule has 0 radical (unpaired) electrons. The van der Waals surface area contributed by atoms with E-state index >= 15 is 0 Å². The molecule has 0 aliphatic carbocycles. The molecular weight excluding hydrogens is 486 g/mol. The second-order valence-electron chi connectivity index (χ2n) is 9.91. The molecular formula is C29H33N3O6. The maximum atomic E-state index is 13.7. The van der Waals surface area contributed by atoms with Crippen molar-refractivity contribution in [3.05, 3.63) is 98.4 Å². The predicted octanol–water partition coefficient (Wildman–Crippen LogP) is 4.46. The fourth-order valence-electron chi connectivity index (χ4n) is 5.37. The van der Waals surface area contributed by atoms with Crippen LogP contribution in [0.15, 0.2) is 77.1 Å². The Kier molecular flexibility index (Phi) is 8.26. The molecule has 3 atom stereocenters. The number of likely N-dealkylation sites (tertiary alicyclic amines) is 1. The summed E-state index contributed by atoms with van der Waals surface area (Å²) < 4.78 is 11.1. The number of ether oxygens (including phenoxy) is 2. The Hall–Kier alpha value is -3.98. The van der Waals surface area contributed by atoms with E-state index in [2.05, 4.69) is 29.3 Å². The van der Waals surface area contributed by atoms with E-state index in [4.69, 9.17) is 9.47 Å². The number of benzene rings is 2. The highest BCUT2D eigenvalue weighted by atomic mass is 16.6. The number of carbonyl (C=O) groups is 2. The van der Waals surface area contributed by atoms with Gasteiger partial charge in [0.2, 0.25) is 0 Å². The second-order valence-corrected chi connectivity index (χ2v) is 9.91. The van der Waals surface area contributed by atoms with Gasteiger partial charge in [0.05, 0.1) is 29.1 Å². The summed E-state index contributed by atoms with van der Waals surface area (Å²) in [6.07, 6.45) is 0.383. The van der Waals surface area contributed by atoms with Crippen LogP contribution in [0.25, 0.3) is 0 Å². The summed E-state index contributed by atoms with van der Waals surface area (Å²) in [4.78, 5) is 39.9. The molecule has 2 heterocycles. The quantitative estimate of drug-likeness (QED) is 0.324. The predicted molar refractivity (Wildman–Crippen MR) is 142 cm³/mol. The number of non-ortho nitro benzene ring substituents is 1. The third kappa shape index (κ3) is 5.78. The molecule has 4 rings (SSSR count). The Labute approximate surface area is 222 Å². The van der Waals surface area contributed by atoms with Crippen LogP contribution in [0.1, 0.15) is 44.2 Å². The Morgan fingerprint density at radius 2 is 1.74 bits per heavy atom. The highest BCUT2D eigenvalue weighted by Gasteiger charge is 2.40. The zero-order chi connectivity index (χ0) is 27.4. The van der Waals surface area contributed by atoms with E-state index < -0.39 is 22.8 Å². The smallest absolute Gasteiger partial charge is 0.337 e. The van der Waals surface area contributed by atoms with E-state index in [9.17, 15) is 19.7 Å². The van der Waals surface area contributed by atoms with Crippen LogP contribution in [-0.2, 0) is 25.6 Å². The molecule has 38 heavy (non-hydrogen) atoms. The van der Waals surface area contributed by atoms with Crippen molar-refractivity contribution >= 4 is 17.6 Å². The number of allylic oxidation sites excluding steroid dienone is 2. The minimum absolute atomic E-state index is 0.0995. The van der Waals surface area contributed by atoms with Crippen LogP contribution in [0.3, 0.4) is 0 Å². The fourth-order valence-corrected chi connectivity index (χ4v) is 5.37. The fraction of sp³-hybridized carbons (Fsp3) is 0.379. The van der Waals surface area contributed by atoms with Gasteiger partial charge >= 0.3 is 11.9 Å². The average molecular weight is 520 g/mol. The highest BCUT2D eigenvalue weighted by molar-refractivity contribution is 6.00. The topological polar surface area (TPSA) is 111 Å². The molecule has 2 aliphatic rings. The normalized spacial score (nSPS) is 22.1. The molecule has 1 saturated heterocycles. The number of esters is 2. The number of nitrogens with zero attached hydrogens (tertiary/aromatic N) is 2. The van der Waals surface area contributed by atoms with Gasteiger partial charge in [-0.05, 0) is 31.4 Å². The number of piperidine rings is 1. The van der Waals surface area contributed by atoms with E-state index in [0.29, 0.717) is 23.4 Å². The highest BCUT2D eigenvalue weighted by Crippen LogP contribution is 2.40. The first-order valence-corrected chi connectivity index (χ1v) is 12.7. The third-order valence-corrected chi connectivity index (χ3v) is 7.22. The first kappa shape index (κ1) is 27.1. The van der Waals surface area contributed by atoms with Crippen molar-refractivity contribution in [2.24, 2.45) is 5.92 Å². The first-order valence-electron chi connectivity index (χ1n) is 12.7. The minimum atomic E-state index is -0.871. The average Bonchev–Trinajstić information content (AvgIpc) is 2.90. The van der Waals surface area contributed by atoms with E-state index in [1.54, 1.807) is 26.0 Å². The minimum Gasteiger partial charge on any atom is -0.466 e. The number of carbonyl (C=O) groups excluding carboxylic acids is 2. The Morgan fingerprint density at radius 1 is 1.05 bits per heavy atom. The number of hydrogen-bond acceptors (Lipinski definition) is 8. The zero-order valence-corrected chi connectivity index (χ0v) is 22.1. The lowest BCUT2D eigenvalue weighted by atomic mass is 9.80. The third-order valence-electron chi connectivity index (χ3n) is 7.22. The standard InChI is InChI=1S/C29H33N3O6/c1-18-16-31(17-21-9-6-5-7-10-21)14-13-24(18)38-29(34)26-20(3)30-19(2)25(28(33)37-4)27(26)22-11-8-12-23(15-22)32(35)36/h5-12,15,18,24,27,30H,13-14,16-17H2,1-4H3. The summed E-state index contributed by atoms with van der Waals surface area (Å²) in [7, 11) is 1.27. The molecule has 0 saturated carbocycles. The van der Waals surface area contributed by atoms with Crippen molar-refractivity contribution in [3.8, 4) is 0 Å². The lowest BCUT2D eigenvalue weighted by Gasteiger charge is -2.37. The van der Waals surface area contributed by atoms with Gasteiger partial charge < -0.3 is 14.8 Å². The van der Waals surface area contributed by atoms with Gasteiger partial charge in [0.25, 0.3) is 5.69 Å². The number of nitrogens with one attached hydrogen (secondary N) is 1. The van der Waals surface area contributed by atoms with Gasteiger partial charge in [0, 0.05) is 49.1 Å². The number of methoxy groups -OCH3 is 1. The summed E-state index contributed by atoms with van der Waals surface area (Å²) in [5.74, 6) is -1.94. The molecule has 1 N–H and O–H groups in total. The summed E-state index contributed by atoms with van der Waals surface area (Å²) in [6, 6.07) is 16.2. The maximum Gasteiger partial charge on any atom is 0.337 e. The van der Waals surface area contributed by atoms with Crippen LogP contribution in [0.5, 0.6) is 0 Å². The number of dihydropyridines is 1. The summed E-state index contributed by atoms with van der Waals surface area (Å²) in [5.41, 5.74) is 3.06. The molecule has 9 heteroatoms. The first-order chi connectivity index (χ1) is 18.2. The van der Waals surface area contributed by atoms with Gasteiger partial charge in [-0.2, -0.15) is 0 Å². The van der Waals surface area contributed by atoms with E-state index in [-0.39, 0.29) is 28.9 Å². The molecule has 1 fully saturated rings. The number of rotatable bonds is 7. The van der Waals surface area contributed by atoms with Crippen molar-refractivity contribution in [2.45, 2.75) is 45.8 Å². The SMILES string of the molecule is COC(=O)C1=C(C)NC(C)=C(C(=O)OC2CCN(Cc3ccccc3)CC2C)C1c1cccc([N+](=O)[O-])c1. The van der Waals surface area contributed by atoms with Gasteiger partial charge in [-0.15, -0.1) is 0 Å². The van der Waals surface area contributed by atoms with Gasteiger partial charge in [-0.3, -0.25) is 15.0 Å². The second kappa shape index (κ2) is 11.6. The van der Waals surface area contributed by atoms with Crippen molar-refractivity contribution in [1.82, 2.24) is 10.2 Å². The molecule has 2 aromatic rings. The molecule has 2 aliphatic heterocycles. The molecule has 0 aromatic heterocycles. The summed E-state index contributed by atoms with van der Waals surface area (Å²) in [6.45, 7) is 7.92. The molecule has 0 spiro atoms. The van der Waals surface area contributed by atoms with Crippen LogP contribution in [0.4, 0.5) is 5.69 Å². The zero-order valence-electron chi connectivity index (χ0n) is 22.1. The molecule has 2 aromatic carbocycles. The number of nitro benzene ring substituents is 1. The van der Waals surface area contributed by atoms with E-state index in [0.717, 1.165) is 19.6 Å². The van der Waals surface area contributed by atoms with Crippen molar-refractivity contribution in [3.63, 3.8) is 0 Å². The van der Waals surface area contributed by atoms with Crippen molar-refractivity contribution in [1.29, 1.82) is 0 Å². The Balaban J connectivity index is 1.58. The van der Waals surface area contributed by atoms with E-state index in [1.807, 2.05) is 18.2 Å². The maximum absolute atomic E-state index is 13.7. The summed E-state index contributed by atoms with van der Waals surface area (Å²) >= 11 is 0. The molecule has 0 bridgehead atoms. The van der Waals surface area contributed by atoms with Gasteiger partial charge in [0.1, 0.15) is 6.10 Å². The van der Waals surface area contributed by atoms with Gasteiger partial charge in [-0.25, -0.2) is 9.59 Å². The van der Waals surface area contributed by atoms with Gasteiger partial charge in [0.15, 0.2) is 0 Å². The monoisotopic (exact) mass is 519 g/mol. The lowest BCUT2D eigenvalue weighted by Crippen LogP contribution is -2.44. The van der Waals surface area contributed by atoms with Crippen LogP contribution in [0, 0.1) is 16.0 Å². The summed E-state index contributed by atoms with van der Waals surface area (Å²) in [5, 5.41) is 14.6. The molecule has 9 nitrogen and oxygen atoms in total. The largest absolute Gasteiger partial charge is 0.466 e. The van der Waals surface area contributed by atoms with Crippen LogP contribution in [-0.4, -0.2) is 48.1 Å². The van der Waals surface area contributed by atoms with Crippen LogP contribution < -0.4 is 5.32 Å². The Morgan fingerprint density at radius 3 is 2.37 bits per heavy atom. The molecule has 0 amide bonds. The number of hydrogen-bond donors (Lipinski definition) is 1. The van der Waals surface area contributed by atoms with Crippen molar-refractivity contribution in [2.75, 3.05) is 20.2 Å². The number of nitro groups is 1. The van der Waals surface area contributed by atoms with E-state index in [1.165, 1.54) is 24.8 Å². The van der Waals surface area contributed by atoms with Crippen LogP contribution >= 0.6 is 0 Å². The molecule has 3 unspecified atom stereocenters.